The predicted octanol–water partition coefficient (Wildman–Crippen LogP) is 1.69. The minimum absolute atomic E-state index is 0. The standard InChI is InChI=1S/C26H40N7O9.C2H6.Fm/c1-6-7-41-21(36)14-32(12-19(30-18-34)15-40-11-10-39-9-8-38-5)20(35)13-33-17-29-22-23(27-16-28-24(22)33)31-25(37)42-26(2,3)4;1-2;/h16-17,19H,6-15H2,1-5H3,(H,30,34)(H,27,28,31,37);1-2H3;/q-1;;. The summed E-state index contributed by atoms with van der Waals surface area (Å²) in [5, 5.41) is 5.03. The summed E-state index contributed by atoms with van der Waals surface area (Å²) < 4.78 is 27.7. The second-order valence-corrected chi connectivity index (χ2v) is 10.0. The third-order valence-electron chi connectivity index (χ3n) is 5.29. The first-order chi connectivity index (χ1) is 21.1. The number of aromatic nitrogens is 4. The summed E-state index contributed by atoms with van der Waals surface area (Å²) in [6.45, 7) is 12.0. The minimum atomic E-state index is -0.723. The van der Waals surface area contributed by atoms with Crippen LogP contribution < -0.4 is 10.6 Å². The number of ether oxygens (including phenoxy) is 5. The molecule has 17 heteroatoms. The summed E-state index contributed by atoms with van der Waals surface area (Å²) in [4.78, 5) is 63.0. The minimum Gasteiger partial charge on any atom is -0.524 e. The van der Waals surface area contributed by atoms with Crippen LogP contribution in [0.1, 0.15) is 48.0 Å². The van der Waals surface area contributed by atoms with Gasteiger partial charge in [0.1, 0.15) is 25.0 Å². The van der Waals surface area contributed by atoms with Gasteiger partial charge in [-0.05, 0) is 27.2 Å². The zero-order valence-electron chi connectivity index (χ0n) is 27.0. The fourth-order valence-corrected chi connectivity index (χ4v) is 3.48. The smallest absolute Gasteiger partial charge is 0.413 e. The van der Waals surface area contributed by atoms with Gasteiger partial charge in [0.2, 0.25) is 5.91 Å². The van der Waals surface area contributed by atoms with Crippen LogP contribution in [0, 0.1) is 0 Å². The normalized spacial score (nSPS) is 11.4. The van der Waals surface area contributed by atoms with Gasteiger partial charge >= 0.3 is 12.1 Å². The quantitative estimate of drug-likeness (QED) is 0.0903. The van der Waals surface area contributed by atoms with Gasteiger partial charge in [-0.2, -0.15) is 6.41 Å². The SMILES string of the molecule is CC.CCCOC(=O)CN(CC(COCCOCCOC)N[C-]=O)C(=O)Cn1cnc2c(NC(=O)OC(C)(C)C)ncnc21.[Fm]. The Morgan fingerprint density at radius 2 is 1.73 bits per heavy atom. The molecule has 2 rings (SSSR count). The molecule has 3 amide bonds. The van der Waals surface area contributed by atoms with Crippen LogP contribution in [0.5, 0.6) is 0 Å². The summed E-state index contributed by atoms with van der Waals surface area (Å²) in [7, 11) is 1.57. The van der Waals surface area contributed by atoms with Crippen molar-refractivity contribution in [2.75, 3.05) is 65.2 Å². The van der Waals surface area contributed by atoms with Gasteiger partial charge in [-0.3, -0.25) is 14.9 Å². The first-order valence-electron chi connectivity index (χ1n) is 14.4. The molecule has 2 aromatic rings. The van der Waals surface area contributed by atoms with Crippen molar-refractivity contribution in [3.63, 3.8) is 0 Å². The van der Waals surface area contributed by atoms with Gasteiger partial charge in [-0.1, -0.05) is 20.8 Å². The number of carbonyl (C=O) groups excluding carboxylic acids is 4. The van der Waals surface area contributed by atoms with Gasteiger partial charge in [0.05, 0.1) is 46.0 Å². The molecule has 0 aliphatic rings. The first kappa shape index (κ1) is 40.1. The number of nitrogens with zero attached hydrogens (tertiary/aromatic N) is 5. The van der Waals surface area contributed by atoms with Gasteiger partial charge in [-0.15, -0.1) is 0 Å². The number of amides is 3. The fourth-order valence-electron chi connectivity index (χ4n) is 3.48. The van der Waals surface area contributed by atoms with E-state index in [0.29, 0.717) is 26.2 Å². The Labute approximate surface area is 258 Å². The van der Waals surface area contributed by atoms with Gasteiger partial charge < -0.3 is 43.3 Å². The molecule has 1 unspecified atom stereocenters. The molecular formula is C28H46FmN7O9-. The topological polar surface area (TPSA) is 185 Å². The number of imidazole rings is 1. The molecule has 2 aromatic heterocycles. The molecule has 2 N–H and O–H groups in total. The molecule has 0 aromatic carbocycles. The predicted molar refractivity (Wildman–Crippen MR) is 160 cm³/mol. The summed E-state index contributed by atoms with van der Waals surface area (Å²) in [5.41, 5.74) is -0.215. The molecular weight excluding hydrogens is 835 g/mol. The third kappa shape index (κ3) is 15.4. The maximum atomic E-state index is 13.4. The zero-order chi connectivity index (χ0) is 33.0. The van der Waals surface area contributed by atoms with E-state index in [1.54, 1.807) is 34.3 Å². The van der Waals surface area contributed by atoms with Gasteiger partial charge in [-0.25, -0.2) is 19.7 Å². The van der Waals surface area contributed by atoms with E-state index in [1.807, 2.05) is 20.8 Å². The molecule has 0 bridgehead atoms. The van der Waals surface area contributed by atoms with E-state index in [2.05, 4.69) is 25.6 Å². The van der Waals surface area contributed by atoms with Gasteiger partial charge in [0.15, 0.2) is 17.0 Å². The van der Waals surface area contributed by atoms with Crippen LogP contribution in [0.2, 0.25) is 0 Å². The maximum absolute atomic E-state index is 13.4. The first-order valence-corrected chi connectivity index (χ1v) is 14.4. The largest absolute Gasteiger partial charge is 0.524 e. The zero-order valence-corrected chi connectivity index (χ0v) is 29.4. The van der Waals surface area contributed by atoms with Gasteiger partial charge in [0, 0.05) is 19.7 Å². The van der Waals surface area contributed by atoms with E-state index in [1.165, 1.54) is 22.1 Å². The Bertz CT molecular complexity index is 1160. The van der Waals surface area contributed by atoms with Crippen molar-refractivity contribution in [1.29, 1.82) is 0 Å². The van der Waals surface area contributed by atoms with Crippen molar-refractivity contribution in [2.45, 2.75) is 66.2 Å². The number of carbonyl (C=O) groups is 3. The molecule has 260 valence electrons. The molecule has 0 aliphatic heterocycles. The van der Waals surface area contributed by atoms with Crippen LogP contribution >= 0.6 is 0 Å². The van der Waals surface area contributed by atoms with E-state index in [9.17, 15) is 19.2 Å². The Balaban J connectivity index is 0.00000632. The fraction of sp³-hybridized carbons (Fsp3) is 0.679. The summed E-state index contributed by atoms with van der Waals surface area (Å²) in [6, 6.07) is -0.670. The molecule has 1 atom stereocenters. The Hall–Kier alpha value is -4.89. The molecule has 0 saturated carbocycles. The van der Waals surface area contributed by atoms with Crippen molar-refractivity contribution in [3.05, 3.63) is 12.7 Å². The number of nitrogens with one attached hydrogen (secondary N) is 2. The van der Waals surface area contributed by atoms with E-state index in [0.717, 1.165) is 0 Å². The van der Waals surface area contributed by atoms with Crippen molar-refractivity contribution in [2.24, 2.45) is 0 Å². The van der Waals surface area contributed by atoms with Crippen LogP contribution in [0.3, 0.4) is 0 Å². The Morgan fingerprint density at radius 3 is 2.38 bits per heavy atom. The second kappa shape index (κ2) is 21.7. The van der Waals surface area contributed by atoms with Crippen molar-refractivity contribution in [3.8, 4) is 0 Å². The van der Waals surface area contributed by atoms with Crippen molar-refractivity contribution in [1.82, 2.24) is 29.7 Å². The van der Waals surface area contributed by atoms with E-state index in [4.69, 9.17) is 23.7 Å². The van der Waals surface area contributed by atoms with Crippen LogP contribution in [-0.2, 0) is 44.6 Å². The van der Waals surface area contributed by atoms with E-state index >= 15 is 0 Å². The van der Waals surface area contributed by atoms with E-state index < -0.39 is 29.6 Å². The van der Waals surface area contributed by atoms with Crippen LogP contribution in [0.4, 0.5) is 10.6 Å². The number of anilines is 1. The average Bonchev–Trinajstić information content (AvgIpc) is 3.38. The summed E-state index contributed by atoms with van der Waals surface area (Å²) in [5.74, 6) is -0.980. The average molecular weight is 882 g/mol. The molecule has 0 radical (unpaired) electrons. The molecule has 0 saturated heterocycles. The second-order valence-electron chi connectivity index (χ2n) is 10.0. The number of hydrogen-bond acceptors (Lipinski definition) is 12. The molecule has 0 spiro atoms. The monoisotopic (exact) mass is 881 g/mol. The van der Waals surface area contributed by atoms with Gasteiger partial charge in [0.25, 0.3) is 0 Å². The molecule has 2 heterocycles. The number of esters is 1. The number of methoxy groups -OCH3 is 1. The third-order valence-corrected chi connectivity index (χ3v) is 5.29. The van der Waals surface area contributed by atoms with Crippen molar-refractivity contribution < 1.29 is 42.9 Å². The van der Waals surface area contributed by atoms with E-state index in [-0.39, 0.29) is 56.4 Å². The Morgan fingerprint density at radius 1 is 1.04 bits per heavy atom. The van der Waals surface area contributed by atoms with Crippen LogP contribution in [0.15, 0.2) is 12.7 Å². The molecule has 0 fully saturated rings. The molecule has 16 nitrogen and oxygen atoms in total. The number of fused-ring (bicyclic) bond motifs is 1. The maximum Gasteiger partial charge on any atom is 0.413 e. The van der Waals surface area contributed by atoms with Crippen LogP contribution in [0.25, 0.3) is 11.2 Å². The summed E-state index contributed by atoms with van der Waals surface area (Å²) >= 11 is 0. The number of hydrogen-bond donors (Lipinski definition) is 2. The number of rotatable bonds is 19. The molecule has 45 heavy (non-hydrogen) atoms. The summed E-state index contributed by atoms with van der Waals surface area (Å²) in [6.07, 6.45) is 4.09. The van der Waals surface area contributed by atoms with Crippen molar-refractivity contribution >= 4 is 41.4 Å². The molecule has 0 aliphatic carbocycles. The van der Waals surface area contributed by atoms with Crippen LogP contribution in [-0.4, -0.2) is 120 Å². The Kier molecular flexibility index (Phi) is 19.4.